The molecule has 0 aliphatic heterocycles. The summed E-state index contributed by atoms with van der Waals surface area (Å²) in [4.78, 5) is 12.0. The topological polar surface area (TPSA) is 31.2 Å². The largest absolute Gasteiger partial charge is 0.423 e. The summed E-state index contributed by atoms with van der Waals surface area (Å²) in [6, 6.07) is 14.9. The Hall–Kier alpha value is -2.07. The van der Waals surface area contributed by atoms with Gasteiger partial charge in [0.25, 0.3) is 0 Å². The van der Waals surface area contributed by atoms with Gasteiger partial charge in [0.2, 0.25) is 0 Å². The molecule has 19 heavy (non-hydrogen) atoms. The number of ether oxygens (including phenoxy) is 1. The lowest BCUT2D eigenvalue weighted by molar-refractivity contribution is 0.202. The average molecular weight is 316 g/mol. The summed E-state index contributed by atoms with van der Waals surface area (Å²) in [7, 11) is 0. The van der Waals surface area contributed by atoms with Crippen LogP contribution in [0, 0.1) is 0 Å². The highest BCUT2D eigenvalue weighted by atomic mass is 79.9. The number of aromatic nitrogens is 1. The zero-order valence-electron chi connectivity index (χ0n) is 9.92. The Morgan fingerprint density at radius 2 is 1.53 bits per heavy atom. The summed E-state index contributed by atoms with van der Waals surface area (Å²) in [5.41, 5.74) is 0. The first kappa shape index (κ1) is 12.0. The maximum atomic E-state index is 12.0. The summed E-state index contributed by atoms with van der Waals surface area (Å²) in [6.07, 6.45) is 3.10. The van der Waals surface area contributed by atoms with Crippen LogP contribution in [0.1, 0.15) is 0 Å². The van der Waals surface area contributed by atoms with Gasteiger partial charge in [0.05, 0.1) is 0 Å². The van der Waals surface area contributed by atoms with Crippen molar-refractivity contribution in [2.45, 2.75) is 0 Å². The highest BCUT2D eigenvalue weighted by Gasteiger charge is 2.08. The summed E-state index contributed by atoms with van der Waals surface area (Å²) in [6.45, 7) is 0. The number of fused-ring (bicyclic) bond motifs is 1. The third-order valence-electron chi connectivity index (χ3n) is 2.78. The highest BCUT2D eigenvalue weighted by Crippen LogP contribution is 2.18. The molecule has 1 heterocycles. The quantitative estimate of drug-likeness (QED) is 0.664. The van der Waals surface area contributed by atoms with Crippen LogP contribution in [0.4, 0.5) is 4.79 Å². The van der Waals surface area contributed by atoms with Gasteiger partial charge in [0.1, 0.15) is 5.75 Å². The number of carbonyl (C=O) groups is 1. The van der Waals surface area contributed by atoms with Crippen LogP contribution < -0.4 is 4.74 Å². The summed E-state index contributed by atoms with van der Waals surface area (Å²) in [5.74, 6) is 0.519. The number of hydrogen-bond acceptors (Lipinski definition) is 2. The zero-order valence-corrected chi connectivity index (χ0v) is 11.5. The Labute approximate surface area is 118 Å². The van der Waals surface area contributed by atoms with E-state index in [1.807, 2.05) is 36.4 Å². The van der Waals surface area contributed by atoms with Crippen LogP contribution in [0.5, 0.6) is 5.75 Å². The first-order valence-electron chi connectivity index (χ1n) is 5.77. The third-order valence-corrected chi connectivity index (χ3v) is 3.31. The van der Waals surface area contributed by atoms with Crippen molar-refractivity contribution in [2.75, 3.05) is 0 Å². The minimum absolute atomic E-state index is 0.418. The molecule has 2 aromatic carbocycles. The maximum Gasteiger partial charge on any atom is 0.423 e. The molecule has 0 fully saturated rings. The Morgan fingerprint density at radius 3 is 2.11 bits per heavy atom. The van der Waals surface area contributed by atoms with Gasteiger partial charge in [-0.2, -0.15) is 0 Å². The van der Waals surface area contributed by atoms with E-state index in [9.17, 15) is 4.79 Å². The van der Waals surface area contributed by atoms with Crippen molar-refractivity contribution in [3.8, 4) is 5.75 Å². The Kier molecular flexibility index (Phi) is 3.09. The molecular formula is C15H10BrNO2. The zero-order chi connectivity index (χ0) is 13.2. The summed E-state index contributed by atoms with van der Waals surface area (Å²) in [5, 5.41) is 2.02. The van der Waals surface area contributed by atoms with Gasteiger partial charge in [-0.25, -0.2) is 4.79 Å². The number of nitrogens with zero attached hydrogens (tertiary/aromatic N) is 1. The molecule has 3 aromatic rings. The van der Waals surface area contributed by atoms with Gasteiger partial charge in [-0.3, -0.25) is 4.57 Å². The van der Waals surface area contributed by atoms with Crippen LogP contribution in [0.15, 0.2) is 65.4 Å². The van der Waals surface area contributed by atoms with Gasteiger partial charge in [-0.15, -0.1) is 0 Å². The van der Waals surface area contributed by atoms with Crippen LogP contribution in [0.3, 0.4) is 0 Å². The standard InChI is InChI=1S/C15H10BrNO2/c16-13-5-7-14(8-6-13)19-15(18)17-9-11-3-1-2-4-12(11)10-17/h1-10H. The normalized spacial score (nSPS) is 10.6. The second-order valence-electron chi connectivity index (χ2n) is 4.12. The van der Waals surface area contributed by atoms with Crippen LogP contribution in [-0.2, 0) is 0 Å². The molecule has 0 unspecified atom stereocenters. The lowest BCUT2D eigenvalue weighted by Crippen LogP contribution is -2.14. The number of halogens is 1. The van der Waals surface area contributed by atoms with Crippen molar-refractivity contribution in [1.29, 1.82) is 0 Å². The minimum Gasteiger partial charge on any atom is -0.410 e. The average Bonchev–Trinajstić information content (AvgIpc) is 2.85. The number of rotatable bonds is 1. The first-order chi connectivity index (χ1) is 9.22. The Balaban J connectivity index is 1.85. The van der Waals surface area contributed by atoms with Crippen molar-refractivity contribution in [3.63, 3.8) is 0 Å². The van der Waals surface area contributed by atoms with Crippen molar-refractivity contribution in [2.24, 2.45) is 0 Å². The van der Waals surface area contributed by atoms with Crippen molar-refractivity contribution >= 4 is 32.8 Å². The molecule has 3 rings (SSSR count). The Bertz CT molecular complexity index is 698. The molecule has 0 saturated heterocycles. The predicted molar refractivity (Wildman–Crippen MR) is 77.5 cm³/mol. The molecule has 94 valence electrons. The Morgan fingerprint density at radius 1 is 0.947 bits per heavy atom. The number of hydrogen-bond donors (Lipinski definition) is 0. The predicted octanol–water partition coefficient (Wildman–Crippen LogP) is 4.45. The SMILES string of the molecule is O=C(Oc1ccc(Br)cc1)n1cc2ccccc2c1. The van der Waals surface area contributed by atoms with E-state index in [4.69, 9.17) is 4.74 Å². The molecule has 0 amide bonds. The minimum atomic E-state index is -0.418. The lowest BCUT2D eigenvalue weighted by Gasteiger charge is -2.04. The van der Waals surface area contributed by atoms with Gasteiger partial charge < -0.3 is 4.74 Å². The lowest BCUT2D eigenvalue weighted by atomic mass is 10.2. The maximum absolute atomic E-state index is 12.0. The molecule has 0 aliphatic carbocycles. The van der Waals surface area contributed by atoms with E-state index < -0.39 is 6.09 Å². The summed E-state index contributed by atoms with van der Waals surface area (Å²) < 4.78 is 7.68. The van der Waals surface area contributed by atoms with Crippen LogP contribution >= 0.6 is 15.9 Å². The smallest absolute Gasteiger partial charge is 0.410 e. The van der Waals surface area contributed by atoms with E-state index in [1.165, 1.54) is 4.57 Å². The molecule has 1 aromatic heterocycles. The van der Waals surface area contributed by atoms with Gasteiger partial charge in [-0.1, -0.05) is 40.2 Å². The molecule has 0 aliphatic rings. The molecule has 0 atom stereocenters. The van der Waals surface area contributed by atoms with Crippen molar-refractivity contribution in [1.82, 2.24) is 4.57 Å². The summed E-state index contributed by atoms with van der Waals surface area (Å²) >= 11 is 3.33. The van der Waals surface area contributed by atoms with Crippen LogP contribution in [0.2, 0.25) is 0 Å². The number of benzene rings is 2. The second kappa shape index (κ2) is 4.90. The first-order valence-corrected chi connectivity index (χ1v) is 6.56. The van der Waals surface area contributed by atoms with E-state index >= 15 is 0 Å². The molecule has 4 heteroatoms. The van der Waals surface area contributed by atoms with E-state index in [-0.39, 0.29) is 0 Å². The molecule has 0 saturated carbocycles. The van der Waals surface area contributed by atoms with Crippen molar-refractivity contribution in [3.05, 3.63) is 65.4 Å². The second-order valence-corrected chi connectivity index (χ2v) is 5.03. The van der Waals surface area contributed by atoms with Gasteiger partial charge >= 0.3 is 6.09 Å². The molecule has 0 radical (unpaired) electrons. The highest BCUT2D eigenvalue weighted by molar-refractivity contribution is 9.10. The molecule has 3 nitrogen and oxygen atoms in total. The molecule has 0 spiro atoms. The third kappa shape index (κ3) is 2.53. The fourth-order valence-corrected chi connectivity index (χ4v) is 2.11. The van der Waals surface area contributed by atoms with E-state index in [0.717, 1.165) is 15.2 Å². The molecular weight excluding hydrogens is 306 g/mol. The van der Waals surface area contributed by atoms with Gasteiger partial charge in [0.15, 0.2) is 0 Å². The van der Waals surface area contributed by atoms with E-state index in [1.54, 1.807) is 24.5 Å². The molecule has 0 N–H and O–H groups in total. The van der Waals surface area contributed by atoms with E-state index in [0.29, 0.717) is 5.75 Å². The number of carbonyl (C=O) groups excluding carboxylic acids is 1. The van der Waals surface area contributed by atoms with E-state index in [2.05, 4.69) is 15.9 Å². The van der Waals surface area contributed by atoms with Crippen LogP contribution in [0.25, 0.3) is 10.8 Å². The van der Waals surface area contributed by atoms with Crippen LogP contribution in [-0.4, -0.2) is 10.7 Å². The molecule has 0 bridgehead atoms. The van der Waals surface area contributed by atoms with Gasteiger partial charge in [-0.05, 0) is 35.0 Å². The monoisotopic (exact) mass is 315 g/mol. The fraction of sp³-hybridized carbons (Fsp3) is 0. The van der Waals surface area contributed by atoms with Gasteiger partial charge in [0, 0.05) is 16.9 Å². The fourth-order valence-electron chi connectivity index (χ4n) is 1.84. The van der Waals surface area contributed by atoms with Crippen molar-refractivity contribution < 1.29 is 9.53 Å².